The van der Waals surface area contributed by atoms with Crippen molar-refractivity contribution in [1.29, 1.82) is 0 Å². The summed E-state index contributed by atoms with van der Waals surface area (Å²) >= 11 is 0. The molecule has 3 aliphatic rings. The van der Waals surface area contributed by atoms with E-state index in [2.05, 4.69) is 15.6 Å². The van der Waals surface area contributed by atoms with Crippen LogP contribution in [0.5, 0.6) is 0 Å². The Morgan fingerprint density at radius 2 is 1.94 bits per heavy atom. The molecule has 0 bridgehead atoms. The van der Waals surface area contributed by atoms with Crippen molar-refractivity contribution in [2.24, 2.45) is 0 Å². The fraction of sp³-hybridized carbons (Fsp3) is 0.440. The monoisotopic (exact) mass is 447 g/mol. The lowest BCUT2D eigenvalue weighted by Crippen LogP contribution is -2.58. The highest BCUT2D eigenvalue weighted by molar-refractivity contribution is 6.02. The maximum atomic E-state index is 13.3. The molecule has 8 nitrogen and oxygen atoms in total. The summed E-state index contributed by atoms with van der Waals surface area (Å²) in [6.07, 6.45) is 7.80. The molecular formula is C25H29N5O3. The Bertz CT molecular complexity index is 1060. The number of hydrogen-bond donors (Lipinski definition) is 2. The van der Waals surface area contributed by atoms with Gasteiger partial charge in [0.1, 0.15) is 5.66 Å². The van der Waals surface area contributed by atoms with Gasteiger partial charge in [-0.2, -0.15) is 0 Å². The van der Waals surface area contributed by atoms with Crippen molar-refractivity contribution in [1.82, 2.24) is 20.1 Å². The highest BCUT2D eigenvalue weighted by Crippen LogP contribution is 2.33. The summed E-state index contributed by atoms with van der Waals surface area (Å²) in [4.78, 5) is 46.7. The highest BCUT2D eigenvalue weighted by atomic mass is 16.2. The van der Waals surface area contributed by atoms with E-state index >= 15 is 0 Å². The second kappa shape index (κ2) is 8.84. The lowest BCUT2D eigenvalue weighted by molar-refractivity contribution is -0.142. The van der Waals surface area contributed by atoms with Gasteiger partial charge in [-0.1, -0.05) is 18.2 Å². The first-order valence-electron chi connectivity index (χ1n) is 11.7. The predicted octanol–water partition coefficient (Wildman–Crippen LogP) is 2.70. The van der Waals surface area contributed by atoms with E-state index in [4.69, 9.17) is 0 Å². The Kier molecular flexibility index (Phi) is 5.74. The van der Waals surface area contributed by atoms with Crippen LogP contribution >= 0.6 is 0 Å². The standard InChI is InChI=1S/C25H29N5O3/c31-22-10-11-25(27-20-8-2-1-7-19(20)24(33)28-25)12-15-29(22)17-23(32)30-14-4-3-9-21(30)18-6-5-13-26-16-18/h1-2,5-8,13,16,21,27H,3-4,9-12,14-15,17H2,(H,28,33). The average Bonchev–Trinajstić information content (AvgIpc) is 2.99. The molecule has 2 unspecified atom stereocenters. The third-order valence-electron chi connectivity index (χ3n) is 7.04. The number of fused-ring (bicyclic) bond motifs is 1. The van der Waals surface area contributed by atoms with Crippen LogP contribution in [-0.4, -0.2) is 57.8 Å². The van der Waals surface area contributed by atoms with Crippen LogP contribution in [0.4, 0.5) is 5.69 Å². The van der Waals surface area contributed by atoms with E-state index in [1.165, 1.54) is 0 Å². The lowest BCUT2D eigenvalue weighted by Gasteiger charge is -2.40. The Morgan fingerprint density at radius 1 is 1.06 bits per heavy atom. The minimum atomic E-state index is -0.678. The quantitative estimate of drug-likeness (QED) is 0.755. The number of carbonyl (C=O) groups is 3. The number of para-hydroxylation sites is 1. The molecule has 2 saturated heterocycles. The Hall–Kier alpha value is -3.42. The zero-order valence-corrected chi connectivity index (χ0v) is 18.6. The van der Waals surface area contributed by atoms with Crippen LogP contribution in [0.2, 0.25) is 0 Å². The molecule has 1 aromatic heterocycles. The smallest absolute Gasteiger partial charge is 0.255 e. The molecule has 8 heteroatoms. The van der Waals surface area contributed by atoms with Crippen LogP contribution < -0.4 is 10.6 Å². The Labute approximate surface area is 193 Å². The normalized spacial score (nSPS) is 25.2. The largest absolute Gasteiger partial charge is 0.362 e. The third-order valence-corrected chi connectivity index (χ3v) is 7.04. The van der Waals surface area contributed by atoms with Gasteiger partial charge in [0.15, 0.2) is 0 Å². The molecule has 2 N–H and O–H groups in total. The van der Waals surface area contributed by atoms with E-state index in [0.717, 1.165) is 30.5 Å². The number of rotatable bonds is 3. The summed E-state index contributed by atoms with van der Waals surface area (Å²) in [6, 6.07) is 11.3. The van der Waals surface area contributed by atoms with E-state index in [1.807, 2.05) is 41.4 Å². The molecule has 2 atom stereocenters. The minimum Gasteiger partial charge on any atom is -0.362 e. The van der Waals surface area contributed by atoms with Gasteiger partial charge in [-0.3, -0.25) is 19.4 Å². The van der Waals surface area contributed by atoms with Gasteiger partial charge in [0.2, 0.25) is 11.8 Å². The van der Waals surface area contributed by atoms with Gasteiger partial charge in [0.05, 0.1) is 18.2 Å². The number of aromatic nitrogens is 1. The maximum absolute atomic E-state index is 13.3. The van der Waals surface area contributed by atoms with Gasteiger partial charge in [0.25, 0.3) is 5.91 Å². The number of pyridine rings is 1. The van der Waals surface area contributed by atoms with E-state index in [-0.39, 0.29) is 36.7 Å². The number of amides is 3. The first-order valence-corrected chi connectivity index (χ1v) is 11.7. The van der Waals surface area contributed by atoms with Gasteiger partial charge < -0.3 is 20.4 Å². The molecule has 0 saturated carbocycles. The number of piperidine rings is 1. The number of nitrogens with one attached hydrogen (secondary N) is 2. The summed E-state index contributed by atoms with van der Waals surface area (Å²) < 4.78 is 0. The maximum Gasteiger partial charge on any atom is 0.255 e. The van der Waals surface area contributed by atoms with E-state index < -0.39 is 5.66 Å². The van der Waals surface area contributed by atoms with Gasteiger partial charge in [-0.05, 0) is 49.4 Å². The number of likely N-dealkylation sites (tertiary alicyclic amines) is 2. The molecule has 3 amide bonds. The van der Waals surface area contributed by atoms with Crippen molar-refractivity contribution in [3.05, 3.63) is 59.9 Å². The lowest BCUT2D eigenvalue weighted by atomic mass is 9.95. The number of benzene rings is 1. The number of nitrogens with zero attached hydrogens (tertiary/aromatic N) is 3. The first-order chi connectivity index (χ1) is 16.0. The second-order valence-corrected chi connectivity index (χ2v) is 9.16. The zero-order chi connectivity index (χ0) is 22.8. The summed E-state index contributed by atoms with van der Waals surface area (Å²) in [6.45, 7) is 1.17. The van der Waals surface area contributed by atoms with Crippen LogP contribution in [0.15, 0.2) is 48.8 Å². The average molecular weight is 448 g/mol. The molecule has 1 spiro atoms. The van der Waals surface area contributed by atoms with Gasteiger partial charge in [-0.25, -0.2) is 0 Å². The summed E-state index contributed by atoms with van der Waals surface area (Å²) in [5, 5.41) is 6.54. The molecule has 2 fully saturated rings. The van der Waals surface area contributed by atoms with Crippen molar-refractivity contribution >= 4 is 23.4 Å². The van der Waals surface area contributed by atoms with Gasteiger partial charge >= 0.3 is 0 Å². The Balaban J connectivity index is 1.28. The molecule has 3 aliphatic heterocycles. The fourth-order valence-electron chi connectivity index (χ4n) is 5.24. The fourth-order valence-corrected chi connectivity index (χ4v) is 5.24. The molecule has 1 aromatic carbocycles. The van der Waals surface area contributed by atoms with Crippen molar-refractivity contribution < 1.29 is 14.4 Å². The van der Waals surface area contributed by atoms with Crippen LogP contribution in [0.1, 0.15) is 60.5 Å². The number of anilines is 1. The van der Waals surface area contributed by atoms with Gasteiger partial charge in [-0.15, -0.1) is 0 Å². The summed E-state index contributed by atoms with van der Waals surface area (Å²) in [5.74, 6) is -0.210. The SMILES string of the molecule is O=C1NC2(CCC(=O)N(CC(=O)N3CCCCC3c3cccnc3)CC2)Nc2ccccc21. The van der Waals surface area contributed by atoms with E-state index in [9.17, 15) is 14.4 Å². The van der Waals surface area contributed by atoms with Crippen LogP contribution in [0.3, 0.4) is 0 Å². The first kappa shape index (κ1) is 21.4. The molecule has 0 aliphatic carbocycles. The molecule has 33 heavy (non-hydrogen) atoms. The van der Waals surface area contributed by atoms with E-state index in [1.54, 1.807) is 17.2 Å². The number of carbonyl (C=O) groups excluding carboxylic acids is 3. The summed E-state index contributed by atoms with van der Waals surface area (Å²) in [7, 11) is 0. The van der Waals surface area contributed by atoms with Crippen molar-refractivity contribution in [2.75, 3.05) is 25.0 Å². The van der Waals surface area contributed by atoms with Crippen molar-refractivity contribution in [3.8, 4) is 0 Å². The second-order valence-electron chi connectivity index (χ2n) is 9.16. The topological polar surface area (TPSA) is 94.6 Å². The summed E-state index contributed by atoms with van der Waals surface area (Å²) in [5.41, 5.74) is 1.75. The highest BCUT2D eigenvalue weighted by Gasteiger charge is 2.41. The predicted molar refractivity (Wildman–Crippen MR) is 123 cm³/mol. The van der Waals surface area contributed by atoms with Crippen LogP contribution in [0.25, 0.3) is 0 Å². The van der Waals surface area contributed by atoms with Crippen molar-refractivity contribution in [2.45, 2.75) is 50.2 Å². The van der Waals surface area contributed by atoms with E-state index in [0.29, 0.717) is 31.5 Å². The third kappa shape index (κ3) is 4.29. The Morgan fingerprint density at radius 3 is 2.79 bits per heavy atom. The molecule has 4 heterocycles. The minimum absolute atomic E-state index is 0.00386. The molecule has 0 radical (unpaired) electrons. The molecule has 5 rings (SSSR count). The number of hydrogen-bond acceptors (Lipinski definition) is 5. The zero-order valence-electron chi connectivity index (χ0n) is 18.6. The molecule has 2 aromatic rings. The molecule has 172 valence electrons. The molecular weight excluding hydrogens is 418 g/mol. The van der Waals surface area contributed by atoms with Crippen molar-refractivity contribution in [3.63, 3.8) is 0 Å². The van der Waals surface area contributed by atoms with Crippen LogP contribution in [0, 0.1) is 0 Å². The van der Waals surface area contributed by atoms with Crippen LogP contribution in [-0.2, 0) is 9.59 Å². The van der Waals surface area contributed by atoms with Gasteiger partial charge in [0, 0.05) is 44.0 Å².